The number of carbonyl (C=O) groups is 4. The second-order valence-electron chi connectivity index (χ2n) is 10.9. The number of aliphatic carboxylic acids is 1. The Hall–Kier alpha value is -5.12. The molecule has 3 atom stereocenters. The number of nitrogens with zero attached hydrogens (tertiary/aromatic N) is 2. The van der Waals surface area contributed by atoms with Gasteiger partial charge in [0.25, 0.3) is 11.8 Å². The molecule has 3 heterocycles. The van der Waals surface area contributed by atoms with Crippen molar-refractivity contribution in [1.82, 2.24) is 15.2 Å². The Morgan fingerprint density at radius 1 is 1.02 bits per heavy atom. The van der Waals surface area contributed by atoms with Crippen LogP contribution in [-0.4, -0.2) is 58.0 Å². The monoisotopic (exact) mass is 566 g/mol. The molecule has 0 aliphatic carbocycles. The van der Waals surface area contributed by atoms with E-state index >= 15 is 0 Å². The number of carboxylic acids is 1. The molecule has 4 amide bonds. The van der Waals surface area contributed by atoms with E-state index in [9.17, 15) is 24.3 Å². The van der Waals surface area contributed by atoms with Crippen LogP contribution in [0.4, 0.5) is 10.5 Å². The van der Waals surface area contributed by atoms with Crippen LogP contribution in [0.15, 0.2) is 72.8 Å². The molecule has 1 saturated heterocycles. The topological polar surface area (TPSA) is 132 Å². The van der Waals surface area contributed by atoms with Gasteiger partial charge in [0.2, 0.25) is 0 Å². The van der Waals surface area contributed by atoms with Crippen molar-refractivity contribution in [3.05, 3.63) is 95.2 Å². The molecule has 0 spiro atoms. The summed E-state index contributed by atoms with van der Waals surface area (Å²) in [5.41, 5.74) is 3.58. The quantitative estimate of drug-likeness (QED) is 0.282. The standard InChI is InChI=1S/C32H30N4O6/c1-17(2)26(31(39)40)34-29(37)21-12-5-7-14-24(21)36-30(38)25-16-22-20-11-4-6-13-23(20)33-27(22)28(35(25)32(36)41)18-9-8-10-19(15-18)42-3/h4-15,17,25-26,28,33H,16H2,1-3H3,(H,34,37)(H,39,40). The second kappa shape index (κ2) is 10.4. The molecule has 2 aliphatic rings. The molecule has 10 nitrogen and oxygen atoms in total. The number of anilines is 1. The van der Waals surface area contributed by atoms with Crippen molar-refractivity contribution in [3.63, 3.8) is 0 Å². The fourth-order valence-electron chi connectivity index (χ4n) is 6.05. The summed E-state index contributed by atoms with van der Waals surface area (Å²) in [6.07, 6.45) is 0.295. The predicted octanol–water partition coefficient (Wildman–Crippen LogP) is 4.50. The summed E-state index contributed by atoms with van der Waals surface area (Å²) in [6.45, 7) is 3.38. The number of urea groups is 1. The van der Waals surface area contributed by atoms with Gasteiger partial charge in [0.05, 0.1) is 18.4 Å². The summed E-state index contributed by atoms with van der Waals surface area (Å²) in [4.78, 5) is 59.6. The van der Waals surface area contributed by atoms with Gasteiger partial charge in [0, 0.05) is 23.0 Å². The van der Waals surface area contributed by atoms with Crippen molar-refractivity contribution < 1.29 is 29.0 Å². The Kier molecular flexibility index (Phi) is 6.68. The number of fused-ring (bicyclic) bond motifs is 4. The molecule has 0 bridgehead atoms. The summed E-state index contributed by atoms with van der Waals surface area (Å²) in [7, 11) is 1.57. The van der Waals surface area contributed by atoms with Crippen LogP contribution >= 0.6 is 0 Å². The van der Waals surface area contributed by atoms with Gasteiger partial charge in [-0.1, -0.05) is 56.3 Å². The number of aromatic nitrogens is 1. The van der Waals surface area contributed by atoms with E-state index in [-0.39, 0.29) is 17.2 Å². The van der Waals surface area contributed by atoms with Crippen molar-refractivity contribution in [2.24, 2.45) is 5.92 Å². The molecule has 4 aromatic rings. The molecule has 0 saturated carbocycles. The zero-order chi connectivity index (χ0) is 29.7. The maximum absolute atomic E-state index is 14.3. The number of para-hydroxylation sites is 2. The van der Waals surface area contributed by atoms with E-state index in [2.05, 4.69) is 10.3 Å². The van der Waals surface area contributed by atoms with E-state index in [1.165, 1.54) is 12.1 Å². The summed E-state index contributed by atoms with van der Waals surface area (Å²) < 4.78 is 5.47. The Morgan fingerprint density at radius 3 is 2.50 bits per heavy atom. The third-order valence-electron chi connectivity index (χ3n) is 8.07. The highest BCUT2D eigenvalue weighted by molar-refractivity contribution is 6.24. The van der Waals surface area contributed by atoms with E-state index in [0.717, 1.165) is 32.6 Å². The summed E-state index contributed by atoms with van der Waals surface area (Å²) in [6, 6.07) is 18.3. The number of ether oxygens (including phenoxy) is 1. The number of hydrogen-bond donors (Lipinski definition) is 3. The first-order chi connectivity index (χ1) is 20.2. The molecule has 3 aromatic carbocycles. The van der Waals surface area contributed by atoms with E-state index in [1.54, 1.807) is 38.0 Å². The lowest BCUT2D eigenvalue weighted by atomic mass is 9.89. The van der Waals surface area contributed by atoms with Gasteiger partial charge in [0.15, 0.2) is 0 Å². The van der Waals surface area contributed by atoms with Gasteiger partial charge in [-0.15, -0.1) is 0 Å². The summed E-state index contributed by atoms with van der Waals surface area (Å²) >= 11 is 0. The van der Waals surface area contributed by atoms with E-state index in [0.29, 0.717) is 12.2 Å². The first kappa shape index (κ1) is 27.1. The number of carbonyl (C=O) groups excluding carboxylic acids is 3. The molecule has 1 aromatic heterocycles. The lowest BCUT2D eigenvalue weighted by molar-refractivity contribution is -0.140. The van der Waals surface area contributed by atoms with Crippen LogP contribution in [0.25, 0.3) is 10.9 Å². The van der Waals surface area contributed by atoms with Crippen LogP contribution in [0.1, 0.15) is 47.1 Å². The van der Waals surface area contributed by atoms with Gasteiger partial charge >= 0.3 is 12.0 Å². The van der Waals surface area contributed by atoms with Crippen molar-refractivity contribution >= 4 is 40.4 Å². The van der Waals surface area contributed by atoms with Crippen LogP contribution in [0.2, 0.25) is 0 Å². The number of rotatable bonds is 7. The van der Waals surface area contributed by atoms with Gasteiger partial charge in [-0.2, -0.15) is 0 Å². The maximum atomic E-state index is 14.3. The average molecular weight is 567 g/mol. The molecular weight excluding hydrogens is 536 g/mol. The smallest absolute Gasteiger partial charge is 0.332 e. The fourth-order valence-corrected chi connectivity index (χ4v) is 6.05. The fraction of sp³-hybridized carbons (Fsp3) is 0.250. The maximum Gasteiger partial charge on any atom is 0.332 e. The van der Waals surface area contributed by atoms with E-state index in [4.69, 9.17) is 4.74 Å². The number of benzene rings is 3. The number of H-pyrrole nitrogens is 1. The molecule has 0 radical (unpaired) electrons. The Balaban J connectivity index is 1.45. The largest absolute Gasteiger partial charge is 0.497 e. The van der Waals surface area contributed by atoms with Gasteiger partial charge in [-0.05, 0) is 47.4 Å². The van der Waals surface area contributed by atoms with Gasteiger partial charge in [-0.3, -0.25) is 14.5 Å². The number of aromatic amines is 1. The van der Waals surface area contributed by atoms with Crippen LogP contribution in [0, 0.1) is 5.92 Å². The van der Waals surface area contributed by atoms with E-state index in [1.807, 2.05) is 48.5 Å². The normalized spacial score (nSPS) is 18.7. The number of imide groups is 1. The summed E-state index contributed by atoms with van der Waals surface area (Å²) in [5.74, 6) is -2.08. The number of carboxylic acid groups (broad SMARTS) is 1. The third-order valence-corrected chi connectivity index (χ3v) is 8.07. The van der Waals surface area contributed by atoms with Crippen LogP contribution < -0.4 is 15.0 Å². The van der Waals surface area contributed by atoms with Gasteiger partial charge < -0.3 is 20.1 Å². The molecule has 10 heteroatoms. The molecule has 6 rings (SSSR count). The first-order valence-corrected chi connectivity index (χ1v) is 13.7. The first-order valence-electron chi connectivity index (χ1n) is 13.7. The Labute approximate surface area is 241 Å². The minimum absolute atomic E-state index is 0.0350. The highest BCUT2D eigenvalue weighted by atomic mass is 16.5. The predicted molar refractivity (Wildman–Crippen MR) is 156 cm³/mol. The number of nitrogens with one attached hydrogen (secondary N) is 2. The van der Waals surface area contributed by atoms with Gasteiger partial charge in [0.1, 0.15) is 23.9 Å². The highest BCUT2D eigenvalue weighted by Gasteiger charge is 2.53. The van der Waals surface area contributed by atoms with Crippen LogP contribution in [0.5, 0.6) is 5.75 Å². The minimum atomic E-state index is -1.17. The Morgan fingerprint density at radius 2 is 1.76 bits per heavy atom. The number of hydrogen-bond acceptors (Lipinski definition) is 5. The molecule has 214 valence electrons. The van der Waals surface area contributed by atoms with Gasteiger partial charge in [-0.25, -0.2) is 14.5 Å². The van der Waals surface area contributed by atoms with E-state index < -0.39 is 41.9 Å². The molecular formula is C32H30N4O6. The third kappa shape index (κ3) is 4.27. The number of methoxy groups -OCH3 is 1. The minimum Gasteiger partial charge on any atom is -0.497 e. The molecule has 42 heavy (non-hydrogen) atoms. The second-order valence-corrected chi connectivity index (χ2v) is 10.9. The highest BCUT2D eigenvalue weighted by Crippen LogP contribution is 2.45. The molecule has 2 aliphatic heterocycles. The summed E-state index contributed by atoms with van der Waals surface area (Å²) in [5, 5.41) is 13.1. The average Bonchev–Trinajstić information content (AvgIpc) is 3.48. The van der Waals surface area contributed by atoms with Crippen LogP contribution in [0.3, 0.4) is 0 Å². The van der Waals surface area contributed by atoms with Crippen molar-refractivity contribution in [1.29, 1.82) is 0 Å². The van der Waals surface area contributed by atoms with Crippen molar-refractivity contribution in [2.75, 3.05) is 12.0 Å². The van der Waals surface area contributed by atoms with Crippen molar-refractivity contribution in [3.8, 4) is 5.75 Å². The zero-order valence-corrected chi connectivity index (χ0v) is 23.3. The number of amides is 4. The SMILES string of the molecule is COc1cccc(C2c3[nH]c4ccccc4c3CC3C(=O)N(c4ccccc4C(=O)NC(C(=O)O)C(C)C)C(=O)N32)c1. The molecule has 3 N–H and O–H groups in total. The molecule has 1 fully saturated rings. The lowest BCUT2D eigenvalue weighted by Gasteiger charge is -2.36. The van der Waals surface area contributed by atoms with Crippen LogP contribution in [-0.2, 0) is 16.0 Å². The molecule has 3 unspecified atom stereocenters. The zero-order valence-electron chi connectivity index (χ0n) is 23.3. The van der Waals surface area contributed by atoms with Crippen molar-refractivity contribution in [2.45, 2.75) is 38.4 Å². The Bertz CT molecular complexity index is 1740. The lowest BCUT2D eigenvalue weighted by Crippen LogP contribution is -2.45.